The van der Waals surface area contributed by atoms with Crippen LogP contribution in [0.5, 0.6) is 5.75 Å². The summed E-state index contributed by atoms with van der Waals surface area (Å²) < 4.78 is 21.4. The summed E-state index contributed by atoms with van der Waals surface area (Å²) in [4.78, 5) is 14.7. The van der Waals surface area contributed by atoms with E-state index in [0.717, 1.165) is 53.2 Å². The minimum Gasteiger partial charge on any atom is -0.488 e. The highest BCUT2D eigenvalue weighted by Gasteiger charge is 2.21. The van der Waals surface area contributed by atoms with Gasteiger partial charge in [0, 0.05) is 34.3 Å². The molecule has 0 bridgehead atoms. The number of carbonyl (C=O) groups is 1. The molecule has 1 fully saturated rings. The normalized spacial score (nSPS) is 15.2. The SMILES string of the molecule is CC(F)c1cc(C(=O)N2CCCCC2)ccc1OCc1ccc2ccccc2c1Br. The summed E-state index contributed by atoms with van der Waals surface area (Å²) in [5, 5.41) is 2.26. The molecule has 30 heavy (non-hydrogen) atoms. The van der Waals surface area contributed by atoms with Gasteiger partial charge in [-0.25, -0.2) is 4.39 Å². The predicted octanol–water partition coefficient (Wildman–Crippen LogP) is 6.84. The number of ether oxygens (including phenoxy) is 1. The van der Waals surface area contributed by atoms with Crippen LogP contribution >= 0.6 is 15.9 Å². The van der Waals surface area contributed by atoms with Crippen molar-refractivity contribution in [1.29, 1.82) is 0 Å². The molecule has 0 aliphatic carbocycles. The van der Waals surface area contributed by atoms with Gasteiger partial charge in [0.2, 0.25) is 0 Å². The number of piperidine rings is 1. The van der Waals surface area contributed by atoms with Gasteiger partial charge < -0.3 is 9.64 Å². The van der Waals surface area contributed by atoms with Crippen molar-refractivity contribution in [2.75, 3.05) is 13.1 Å². The van der Waals surface area contributed by atoms with E-state index in [0.29, 0.717) is 23.5 Å². The summed E-state index contributed by atoms with van der Waals surface area (Å²) >= 11 is 3.67. The fourth-order valence-electron chi connectivity index (χ4n) is 3.95. The summed E-state index contributed by atoms with van der Waals surface area (Å²) in [7, 11) is 0. The van der Waals surface area contributed by atoms with Gasteiger partial charge in [0.25, 0.3) is 5.91 Å². The molecule has 1 aliphatic heterocycles. The Kier molecular flexibility index (Phi) is 6.38. The predicted molar refractivity (Wildman–Crippen MR) is 122 cm³/mol. The van der Waals surface area contributed by atoms with Gasteiger partial charge in [-0.2, -0.15) is 0 Å². The minimum absolute atomic E-state index is 0.0274. The number of rotatable bonds is 5. The lowest BCUT2D eigenvalue weighted by molar-refractivity contribution is 0.0724. The molecule has 0 saturated carbocycles. The third kappa shape index (κ3) is 4.36. The third-order valence-corrected chi connectivity index (χ3v) is 6.59. The number of alkyl halides is 1. The van der Waals surface area contributed by atoms with Gasteiger partial charge in [0.15, 0.2) is 0 Å². The van der Waals surface area contributed by atoms with E-state index < -0.39 is 6.17 Å². The Hall–Kier alpha value is -2.40. The van der Waals surface area contributed by atoms with Crippen LogP contribution in [0.3, 0.4) is 0 Å². The van der Waals surface area contributed by atoms with E-state index in [-0.39, 0.29) is 5.91 Å². The van der Waals surface area contributed by atoms with Crippen LogP contribution in [0.25, 0.3) is 10.8 Å². The molecule has 1 atom stereocenters. The number of fused-ring (bicyclic) bond motifs is 1. The first-order valence-corrected chi connectivity index (χ1v) is 11.2. The fraction of sp³-hybridized carbons (Fsp3) is 0.320. The lowest BCUT2D eigenvalue weighted by Crippen LogP contribution is -2.35. The molecule has 3 aromatic rings. The van der Waals surface area contributed by atoms with Crippen molar-refractivity contribution in [3.8, 4) is 5.75 Å². The molecule has 1 unspecified atom stereocenters. The fourth-order valence-corrected chi connectivity index (χ4v) is 4.56. The maximum atomic E-state index is 14.4. The van der Waals surface area contributed by atoms with Gasteiger partial charge in [-0.1, -0.05) is 36.4 Å². The van der Waals surface area contributed by atoms with Crippen LogP contribution in [0.4, 0.5) is 4.39 Å². The Labute approximate surface area is 185 Å². The summed E-state index contributed by atoms with van der Waals surface area (Å²) in [6.45, 7) is 3.33. The number of likely N-dealkylation sites (tertiary alicyclic amines) is 1. The first-order valence-electron chi connectivity index (χ1n) is 10.4. The van der Waals surface area contributed by atoms with Crippen LogP contribution in [-0.4, -0.2) is 23.9 Å². The molecule has 5 heteroatoms. The van der Waals surface area contributed by atoms with Crippen molar-refractivity contribution in [1.82, 2.24) is 4.90 Å². The van der Waals surface area contributed by atoms with Crippen LogP contribution in [0, 0.1) is 0 Å². The van der Waals surface area contributed by atoms with Gasteiger partial charge in [0.1, 0.15) is 18.5 Å². The zero-order chi connectivity index (χ0) is 21.1. The van der Waals surface area contributed by atoms with E-state index >= 15 is 0 Å². The second-order valence-electron chi connectivity index (χ2n) is 7.77. The lowest BCUT2D eigenvalue weighted by Gasteiger charge is -2.27. The highest BCUT2D eigenvalue weighted by atomic mass is 79.9. The zero-order valence-electron chi connectivity index (χ0n) is 17.0. The zero-order valence-corrected chi connectivity index (χ0v) is 18.6. The molecule has 1 saturated heterocycles. The average Bonchev–Trinajstić information content (AvgIpc) is 2.79. The summed E-state index contributed by atoms with van der Waals surface area (Å²) in [6, 6.07) is 17.3. The quantitative estimate of drug-likeness (QED) is 0.409. The summed E-state index contributed by atoms with van der Waals surface area (Å²) in [5.74, 6) is 0.445. The maximum Gasteiger partial charge on any atom is 0.253 e. The minimum atomic E-state index is -1.23. The maximum absolute atomic E-state index is 14.4. The molecule has 4 rings (SSSR count). The largest absolute Gasteiger partial charge is 0.488 e. The lowest BCUT2D eigenvalue weighted by atomic mass is 10.0. The Bertz CT molecular complexity index is 1060. The van der Waals surface area contributed by atoms with Gasteiger partial charge in [0.05, 0.1) is 0 Å². The molecule has 3 aromatic carbocycles. The second-order valence-corrected chi connectivity index (χ2v) is 8.56. The Morgan fingerprint density at radius 1 is 1.10 bits per heavy atom. The second kappa shape index (κ2) is 9.17. The Balaban J connectivity index is 1.55. The first-order chi connectivity index (χ1) is 14.5. The number of hydrogen-bond donors (Lipinski definition) is 0. The van der Waals surface area contributed by atoms with Crippen LogP contribution in [-0.2, 0) is 6.61 Å². The molecular formula is C25H25BrFNO2. The summed E-state index contributed by atoms with van der Waals surface area (Å²) in [5.41, 5.74) is 1.92. The van der Waals surface area contributed by atoms with Crippen molar-refractivity contribution in [3.05, 3.63) is 75.8 Å². The van der Waals surface area contributed by atoms with Gasteiger partial charge >= 0.3 is 0 Å². The van der Waals surface area contributed by atoms with Gasteiger partial charge in [-0.05, 0) is 71.1 Å². The van der Waals surface area contributed by atoms with Crippen molar-refractivity contribution in [2.45, 2.75) is 39.0 Å². The van der Waals surface area contributed by atoms with Crippen LogP contribution in [0.2, 0.25) is 0 Å². The number of benzene rings is 3. The molecule has 1 aliphatic rings. The molecule has 1 heterocycles. The molecule has 0 aromatic heterocycles. The molecule has 3 nitrogen and oxygen atoms in total. The standard InChI is InChI=1S/C25H25BrFNO2/c1-17(27)22-15-19(25(29)28-13-5-2-6-14-28)11-12-23(22)30-16-20-10-9-18-7-3-4-8-21(18)24(20)26/h3-4,7-12,15,17H,2,5-6,13-14,16H2,1H3. The Morgan fingerprint density at radius 2 is 1.87 bits per heavy atom. The first kappa shape index (κ1) is 20.9. The van der Waals surface area contributed by atoms with Crippen LogP contribution < -0.4 is 4.74 Å². The van der Waals surface area contributed by atoms with E-state index in [4.69, 9.17) is 4.74 Å². The molecule has 0 spiro atoms. The molecule has 0 radical (unpaired) electrons. The highest BCUT2D eigenvalue weighted by molar-refractivity contribution is 9.10. The number of halogens is 2. The van der Waals surface area contributed by atoms with E-state index in [1.165, 1.54) is 6.92 Å². The molecular weight excluding hydrogens is 445 g/mol. The monoisotopic (exact) mass is 469 g/mol. The molecule has 1 amide bonds. The number of carbonyl (C=O) groups excluding carboxylic acids is 1. The number of nitrogens with zero attached hydrogens (tertiary/aromatic N) is 1. The van der Waals surface area contributed by atoms with Gasteiger partial charge in [-0.15, -0.1) is 0 Å². The average molecular weight is 470 g/mol. The van der Waals surface area contributed by atoms with Crippen molar-refractivity contribution in [3.63, 3.8) is 0 Å². The smallest absolute Gasteiger partial charge is 0.253 e. The van der Waals surface area contributed by atoms with Crippen molar-refractivity contribution >= 4 is 32.6 Å². The third-order valence-electron chi connectivity index (χ3n) is 5.66. The number of amides is 1. The van der Waals surface area contributed by atoms with E-state index in [9.17, 15) is 9.18 Å². The van der Waals surface area contributed by atoms with Crippen molar-refractivity contribution in [2.24, 2.45) is 0 Å². The topological polar surface area (TPSA) is 29.5 Å². The summed E-state index contributed by atoms with van der Waals surface area (Å²) in [6.07, 6.45) is 1.99. The van der Waals surface area contributed by atoms with Crippen molar-refractivity contribution < 1.29 is 13.9 Å². The molecule has 0 N–H and O–H groups in total. The van der Waals surface area contributed by atoms with E-state index in [1.807, 2.05) is 23.1 Å². The van der Waals surface area contributed by atoms with Crippen LogP contribution in [0.15, 0.2) is 59.1 Å². The van der Waals surface area contributed by atoms with E-state index in [2.05, 4.69) is 34.1 Å². The van der Waals surface area contributed by atoms with E-state index in [1.54, 1.807) is 18.2 Å². The highest BCUT2D eigenvalue weighted by Crippen LogP contribution is 2.32. The Morgan fingerprint density at radius 3 is 2.63 bits per heavy atom. The number of hydrogen-bond acceptors (Lipinski definition) is 2. The molecule has 156 valence electrons. The van der Waals surface area contributed by atoms with Gasteiger partial charge in [-0.3, -0.25) is 4.79 Å². The van der Waals surface area contributed by atoms with Crippen LogP contribution in [0.1, 0.15) is 53.8 Å².